The molecule has 1 heterocycles. The Morgan fingerprint density at radius 3 is 2.78 bits per heavy atom. The van der Waals surface area contributed by atoms with E-state index in [4.69, 9.17) is 5.73 Å². The van der Waals surface area contributed by atoms with Gasteiger partial charge in [0.25, 0.3) is 0 Å². The molecule has 1 aromatic heterocycles. The van der Waals surface area contributed by atoms with Gasteiger partial charge in [-0.2, -0.15) is 0 Å². The van der Waals surface area contributed by atoms with Gasteiger partial charge in [-0.25, -0.2) is 0 Å². The van der Waals surface area contributed by atoms with E-state index in [0.717, 1.165) is 25.6 Å². The van der Waals surface area contributed by atoms with Crippen molar-refractivity contribution >= 4 is 39.4 Å². The van der Waals surface area contributed by atoms with E-state index >= 15 is 0 Å². The Morgan fingerprint density at radius 1 is 1.26 bits per heavy atom. The summed E-state index contributed by atoms with van der Waals surface area (Å²) in [6.07, 6.45) is 2.60. The van der Waals surface area contributed by atoms with Crippen molar-refractivity contribution in [1.82, 2.24) is 4.98 Å². The van der Waals surface area contributed by atoms with Crippen LogP contribution >= 0.6 is 22.6 Å². The molecular formula is C18H17IN2O2. The number of benzene rings is 2. The molecule has 0 bridgehead atoms. The second-order valence-corrected chi connectivity index (χ2v) is 6.78. The van der Waals surface area contributed by atoms with Crippen molar-refractivity contribution in [3.05, 3.63) is 68.9 Å². The largest absolute Gasteiger partial charge is 0.396 e. The zero-order valence-electron chi connectivity index (χ0n) is 12.4. The summed E-state index contributed by atoms with van der Waals surface area (Å²) in [6, 6.07) is 13.6. The van der Waals surface area contributed by atoms with E-state index < -0.39 is 5.91 Å². The third-order valence-electron chi connectivity index (χ3n) is 4.08. The summed E-state index contributed by atoms with van der Waals surface area (Å²) in [4.78, 5) is 15.0. The molecule has 0 unspecified atom stereocenters. The number of hydrogen-bond acceptors (Lipinski definition) is 2. The van der Waals surface area contributed by atoms with Crippen LogP contribution in [-0.4, -0.2) is 22.6 Å². The Balaban J connectivity index is 1.99. The van der Waals surface area contributed by atoms with Gasteiger partial charge in [-0.15, -0.1) is 0 Å². The minimum atomic E-state index is -0.462. The van der Waals surface area contributed by atoms with Crippen molar-refractivity contribution < 1.29 is 9.90 Å². The van der Waals surface area contributed by atoms with Gasteiger partial charge in [0.15, 0.2) is 0 Å². The monoisotopic (exact) mass is 420 g/mol. The SMILES string of the molecule is NC(=O)c1cc(I)ccc1[C@H](CO)Cc1c[nH]c2ccccc12. The summed E-state index contributed by atoms with van der Waals surface area (Å²) in [5.74, 6) is -0.635. The van der Waals surface area contributed by atoms with Crippen LogP contribution < -0.4 is 5.73 Å². The Bertz CT molecular complexity index is 857. The number of nitrogens with two attached hydrogens (primary N) is 1. The van der Waals surface area contributed by atoms with Crippen molar-refractivity contribution in [3.63, 3.8) is 0 Å². The van der Waals surface area contributed by atoms with Crippen LogP contribution in [0.2, 0.25) is 0 Å². The molecule has 118 valence electrons. The fraction of sp³-hybridized carbons (Fsp3) is 0.167. The lowest BCUT2D eigenvalue weighted by Crippen LogP contribution is -2.18. The van der Waals surface area contributed by atoms with Gasteiger partial charge in [-0.1, -0.05) is 24.3 Å². The molecule has 3 aromatic rings. The summed E-state index contributed by atoms with van der Waals surface area (Å²) in [7, 11) is 0. The van der Waals surface area contributed by atoms with Crippen LogP contribution in [0.25, 0.3) is 10.9 Å². The summed E-state index contributed by atoms with van der Waals surface area (Å²) in [6.45, 7) is -0.0413. The highest BCUT2D eigenvalue weighted by atomic mass is 127. The maximum absolute atomic E-state index is 11.7. The number of primary amides is 1. The quantitative estimate of drug-likeness (QED) is 0.555. The first-order valence-electron chi connectivity index (χ1n) is 7.35. The van der Waals surface area contributed by atoms with E-state index in [0.29, 0.717) is 12.0 Å². The normalized spacial score (nSPS) is 12.4. The Morgan fingerprint density at radius 2 is 2.04 bits per heavy atom. The Hall–Kier alpha value is -1.86. The smallest absolute Gasteiger partial charge is 0.249 e. The average molecular weight is 420 g/mol. The number of para-hydroxylation sites is 1. The van der Waals surface area contributed by atoms with Crippen molar-refractivity contribution in [2.75, 3.05) is 6.61 Å². The molecule has 0 saturated heterocycles. The zero-order chi connectivity index (χ0) is 16.4. The second-order valence-electron chi connectivity index (χ2n) is 5.54. The van der Waals surface area contributed by atoms with Crippen LogP contribution in [0.4, 0.5) is 0 Å². The fourth-order valence-electron chi connectivity index (χ4n) is 2.94. The van der Waals surface area contributed by atoms with Crippen molar-refractivity contribution in [2.24, 2.45) is 5.73 Å². The lowest BCUT2D eigenvalue weighted by molar-refractivity contribution is 0.0998. The third kappa shape index (κ3) is 3.25. The molecule has 3 rings (SSSR count). The van der Waals surface area contributed by atoms with Gasteiger partial charge in [0.1, 0.15) is 0 Å². The van der Waals surface area contributed by atoms with Gasteiger partial charge >= 0.3 is 0 Å². The minimum Gasteiger partial charge on any atom is -0.396 e. The van der Waals surface area contributed by atoms with Gasteiger partial charge in [-0.3, -0.25) is 4.79 Å². The molecule has 5 heteroatoms. The van der Waals surface area contributed by atoms with Gasteiger partial charge in [0.2, 0.25) is 5.91 Å². The molecule has 0 spiro atoms. The molecule has 0 aliphatic heterocycles. The standard InChI is InChI=1S/C18H17IN2O2/c19-13-5-6-14(16(8-13)18(20)23)12(10-22)7-11-9-21-17-4-2-1-3-15(11)17/h1-6,8-9,12,21-22H,7,10H2,(H2,20,23)/t12-/m0/s1. The number of aliphatic hydroxyl groups excluding tert-OH is 1. The first kappa shape index (κ1) is 16.0. The van der Waals surface area contributed by atoms with Gasteiger partial charge < -0.3 is 15.8 Å². The third-order valence-corrected chi connectivity index (χ3v) is 4.75. The van der Waals surface area contributed by atoms with Crippen LogP contribution in [0, 0.1) is 3.57 Å². The highest BCUT2D eigenvalue weighted by molar-refractivity contribution is 14.1. The number of fused-ring (bicyclic) bond motifs is 1. The van der Waals surface area contributed by atoms with E-state index in [1.165, 1.54) is 0 Å². The number of halogens is 1. The topological polar surface area (TPSA) is 79.1 Å². The van der Waals surface area contributed by atoms with Crippen molar-refractivity contribution in [3.8, 4) is 0 Å². The van der Waals surface area contributed by atoms with Crippen LogP contribution in [0.1, 0.15) is 27.4 Å². The highest BCUT2D eigenvalue weighted by Crippen LogP contribution is 2.28. The summed E-state index contributed by atoms with van der Waals surface area (Å²) in [5, 5.41) is 11.0. The maximum atomic E-state index is 11.7. The van der Waals surface area contributed by atoms with E-state index in [1.54, 1.807) is 6.07 Å². The predicted octanol–water partition coefficient (Wildman–Crippen LogP) is 3.19. The van der Waals surface area contributed by atoms with Crippen molar-refractivity contribution in [1.29, 1.82) is 0 Å². The predicted molar refractivity (Wildman–Crippen MR) is 99.5 cm³/mol. The van der Waals surface area contributed by atoms with Crippen LogP contribution in [0.3, 0.4) is 0 Å². The fourth-order valence-corrected chi connectivity index (χ4v) is 3.43. The molecule has 0 fully saturated rings. The summed E-state index contributed by atoms with van der Waals surface area (Å²) >= 11 is 2.15. The number of aromatic nitrogens is 1. The summed E-state index contributed by atoms with van der Waals surface area (Å²) < 4.78 is 0.948. The number of nitrogens with one attached hydrogen (secondary N) is 1. The molecule has 4 nitrogen and oxygen atoms in total. The molecule has 23 heavy (non-hydrogen) atoms. The van der Waals surface area contributed by atoms with Gasteiger partial charge in [0.05, 0.1) is 6.61 Å². The van der Waals surface area contributed by atoms with Crippen LogP contribution in [0.15, 0.2) is 48.7 Å². The lowest BCUT2D eigenvalue weighted by atomic mass is 9.89. The highest BCUT2D eigenvalue weighted by Gasteiger charge is 2.19. The number of H-pyrrole nitrogens is 1. The van der Waals surface area contributed by atoms with E-state index in [1.807, 2.05) is 36.5 Å². The molecule has 1 atom stereocenters. The zero-order valence-corrected chi connectivity index (χ0v) is 14.6. The molecule has 1 amide bonds. The van der Waals surface area contributed by atoms with E-state index in [9.17, 15) is 9.90 Å². The number of aliphatic hydroxyl groups is 1. The van der Waals surface area contributed by atoms with Gasteiger partial charge in [-0.05, 0) is 58.3 Å². The molecule has 0 radical (unpaired) electrons. The number of carbonyl (C=O) groups excluding carboxylic acids is 1. The Labute approximate surface area is 147 Å². The van der Waals surface area contributed by atoms with Crippen LogP contribution in [-0.2, 0) is 6.42 Å². The molecule has 2 aromatic carbocycles. The molecular weight excluding hydrogens is 403 g/mol. The van der Waals surface area contributed by atoms with Crippen LogP contribution in [0.5, 0.6) is 0 Å². The maximum Gasteiger partial charge on any atom is 0.249 e. The number of rotatable bonds is 5. The number of aromatic amines is 1. The second kappa shape index (κ2) is 6.72. The average Bonchev–Trinajstić information content (AvgIpc) is 2.96. The molecule has 0 aliphatic carbocycles. The first-order valence-corrected chi connectivity index (χ1v) is 8.43. The van der Waals surface area contributed by atoms with Gasteiger partial charge in [0, 0.05) is 32.2 Å². The first-order chi connectivity index (χ1) is 11.1. The molecule has 4 N–H and O–H groups in total. The number of hydrogen-bond donors (Lipinski definition) is 3. The number of amides is 1. The molecule has 0 aliphatic rings. The Kier molecular flexibility index (Phi) is 4.68. The molecule has 0 saturated carbocycles. The number of carbonyl (C=O) groups is 1. The lowest BCUT2D eigenvalue weighted by Gasteiger charge is -2.17. The van der Waals surface area contributed by atoms with E-state index in [-0.39, 0.29) is 12.5 Å². The van der Waals surface area contributed by atoms with E-state index in [2.05, 4.69) is 33.6 Å². The van der Waals surface area contributed by atoms with Crippen molar-refractivity contribution in [2.45, 2.75) is 12.3 Å². The minimum absolute atomic E-state index is 0.0413. The summed E-state index contributed by atoms with van der Waals surface area (Å²) in [5.41, 5.74) is 8.97.